The van der Waals surface area contributed by atoms with Crippen LogP contribution in [-0.2, 0) is 23.7 Å². The van der Waals surface area contributed by atoms with Crippen LogP contribution in [0, 0.1) is 28.6 Å². The molecule has 5 rings (SSSR count). The summed E-state index contributed by atoms with van der Waals surface area (Å²) >= 11 is 5.96. The molecular formula is C30H38ClN5. The lowest BCUT2D eigenvalue weighted by atomic mass is 9.75. The summed E-state index contributed by atoms with van der Waals surface area (Å²) in [6, 6.07) is 8.46. The topological polar surface area (TPSA) is 76.6 Å². The van der Waals surface area contributed by atoms with Crippen LogP contribution in [0.1, 0.15) is 107 Å². The molecule has 2 aliphatic carbocycles. The van der Waals surface area contributed by atoms with E-state index in [2.05, 4.69) is 62.7 Å². The van der Waals surface area contributed by atoms with Gasteiger partial charge >= 0.3 is 0 Å². The van der Waals surface area contributed by atoms with E-state index in [-0.39, 0.29) is 10.8 Å². The minimum absolute atomic E-state index is 0.0885. The van der Waals surface area contributed by atoms with Crippen molar-refractivity contribution in [3.63, 3.8) is 0 Å². The number of fused-ring (bicyclic) bond motifs is 2. The first kappa shape index (κ1) is 26.4. The summed E-state index contributed by atoms with van der Waals surface area (Å²) in [6.45, 7) is 13.3. The Bertz CT molecular complexity index is 1210. The van der Waals surface area contributed by atoms with Crippen molar-refractivity contribution in [2.75, 3.05) is 18.0 Å². The maximum Gasteiger partial charge on any atom is 0.147 e. The first-order chi connectivity index (χ1) is 17.1. The summed E-state index contributed by atoms with van der Waals surface area (Å²) in [7, 11) is 0. The zero-order valence-corrected chi connectivity index (χ0v) is 23.2. The Hall–Kier alpha value is -2.63. The summed E-state index contributed by atoms with van der Waals surface area (Å²) in [6.07, 6.45) is 9.17. The second kappa shape index (κ2) is 10.4. The molecule has 0 unspecified atom stereocenters. The number of aryl methyl sites for hydroxylation is 2. The average Bonchev–Trinajstić information content (AvgIpc) is 2.84. The molecule has 0 saturated carbocycles. The van der Waals surface area contributed by atoms with Crippen LogP contribution in [-0.4, -0.2) is 23.1 Å². The molecule has 1 aliphatic heterocycles. The maximum absolute atomic E-state index is 9.52. The molecule has 3 heterocycles. The first-order valence-electron chi connectivity index (χ1n) is 13.3. The van der Waals surface area contributed by atoms with Gasteiger partial charge in [-0.3, -0.25) is 0 Å². The molecule has 0 radical (unpaired) electrons. The van der Waals surface area contributed by atoms with Crippen molar-refractivity contribution in [2.45, 2.75) is 96.8 Å². The van der Waals surface area contributed by atoms with Crippen molar-refractivity contribution >= 4 is 17.4 Å². The van der Waals surface area contributed by atoms with Crippen molar-refractivity contribution in [3.05, 3.63) is 50.9 Å². The number of piperidine rings is 1. The van der Waals surface area contributed by atoms with Gasteiger partial charge in [0.1, 0.15) is 23.1 Å². The van der Waals surface area contributed by atoms with Crippen LogP contribution in [0.15, 0.2) is 12.1 Å². The van der Waals surface area contributed by atoms with E-state index in [4.69, 9.17) is 21.8 Å². The van der Waals surface area contributed by atoms with Crippen molar-refractivity contribution in [1.82, 2.24) is 9.97 Å². The number of hydrogen-bond acceptors (Lipinski definition) is 5. The quantitative estimate of drug-likeness (QED) is 0.390. The molecule has 2 aromatic rings. The monoisotopic (exact) mass is 503 g/mol. The number of nitriles is 2. The van der Waals surface area contributed by atoms with E-state index in [1.807, 2.05) is 6.07 Å². The van der Waals surface area contributed by atoms with Gasteiger partial charge in [-0.15, -0.1) is 0 Å². The summed E-state index contributed by atoms with van der Waals surface area (Å²) in [5, 5.41) is 18.7. The van der Waals surface area contributed by atoms with Gasteiger partial charge in [-0.05, 0) is 80.5 Å². The molecule has 1 saturated heterocycles. The molecule has 0 spiro atoms. The Balaban J connectivity index is 0.000000179. The first-order valence-corrected chi connectivity index (χ1v) is 13.7. The number of halogens is 1. The van der Waals surface area contributed by atoms with Crippen LogP contribution in [0.2, 0.25) is 5.15 Å². The number of anilines is 1. The van der Waals surface area contributed by atoms with Gasteiger partial charge in [0, 0.05) is 23.9 Å². The lowest BCUT2D eigenvalue weighted by Gasteiger charge is -2.35. The highest BCUT2D eigenvalue weighted by atomic mass is 35.5. The number of hydrogen-bond donors (Lipinski definition) is 0. The van der Waals surface area contributed by atoms with Crippen molar-refractivity contribution in [3.8, 4) is 12.1 Å². The SMILES string of the molecule is CC1(C)CCCc2cc(C#N)c(Cl)nc21.CC1CCN(c2nc3c(cc2C#N)CCCC3(C)C)CC1. The Morgan fingerprint density at radius 1 is 0.861 bits per heavy atom. The molecule has 3 aliphatic rings. The molecule has 36 heavy (non-hydrogen) atoms. The van der Waals surface area contributed by atoms with E-state index >= 15 is 0 Å². The van der Waals surface area contributed by atoms with E-state index in [1.54, 1.807) is 0 Å². The third-order valence-electron chi connectivity index (χ3n) is 8.24. The fourth-order valence-corrected chi connectivity index (χ4v) is 6.11. The van der Waals surface area contributed by atoms with Gasteiger partial charge < -0.3 is 4.90 Å². The third kappa shape index (κ3) is 5.37. The minimum Gasteiger partial charge on any atom is -0.355 e. The van der Waals surface area contributed by atoms with Crippen LogP contribution >= 0.6 is 11.6 Å². The highest BCUT2D eigenvalue weighted by Crippen LogP contribution is 2.39. The molecule has 0 atom stereocenters. The minimum atomic E-state index is 0.0885. The number of rotatable bonds is 1. The number of aromatic nitrogens is 2. The lowest BCUT2D eigenvalue weighted by molar-refractivity contribution is 0.413. The lowest BCUT2D eigenvalue weighted by Crippen LogP contribution is -2.35. The molecule has 6 heteroatoms. The van der Waals surface area contributed by atoms with Crippen LogP contribution in [0.4, 0.5) is 5.82 Å². The van der Waals surface area contributed by atoms with Crippen LogP contribution in [0.3, 0.4) is 0 Å². The zero-order chi connectivity index (χ0) is 26.1. The summed E-state index contributed by atoms with van der Waals surface area (Å²) in [4.78, 5) is 11.7. The highest BCUT2D eigenvalue weighted by Gasteiger charge is 2.32. The fourth-order valence-electron chi connectivity index (χ4n) is 5.93. The van der Waals surface area contributed by atoms with Gasteiger partial charge in [0.25, 0.3) is 0 Å². The zero-order valence-electron chi connectivity index (χ0n) is 22.4. The highest BCUT2D eigenvalue weighted by molar-refractivity contribution is 6.30. The Kier molecular flexibility index (Phi) is 7.63. The molecular weight excluding hydrogens is 466 g/mol. The largest absolute Gasteiger partial charge is 0.355 e. The van der Waals surface area contributed by atoms with Gasteiger partial charge in [0.05, 0.1) is 22.5 Å². The third-order valence-corrected chi connectivity index (χ3v) is 8.53. The molecule has 2 aromatic heterocycles. The second-order valence-electron chi connectivity index (χ2n) is 12.1. The molecule has 0 N–H and O–H groups in total. The van der Waals surface area contributed by atoms with Gasteiger partial charge in [0.15, 0.2) is 0 Å². The maximum atomic E-state index is 9.52. The van der Waals surface area contributed by atoms with Gasteiger partial charge in [-0.1, -0.05) is 46.2 Å². The van der Waals surface area contributed by atoms with E-state index in [1.165, 1.54) is 42.5 Å². The van der Waals surface area contributed by atoms with Crippen LogP contribution in [0.25, 0.3) is 0 Å². The van der Waals surface area contributed by atoms with Gasteiger partial charge in [0.2, 0.25) is 0 Å². The van der Waals surface area contributed by atoms with Crippen LogP contribution in [0.5, 0.6) is 0 Å². The molecule has 0 bridgehead atoms. The normalized spacial score (nSPS) is 20.2. The second-order valence-corrected chi connectivity index (χ2v) is 12.4. The van der Waals surface area contributed by atoms with Crippen molar-refractivity contribution in [1.29, 1.82) is 10.5 Å². The average molecular weight is 504 g/mol. The van der Waals surface area contributed by atoms with E-state index in [0.29, 0.717) is 10.7 Å². The van der Waals surface area contributed by atoms with E-state index in [0.717, 1.165) is 61.8 Å². The van der Waals surface area contributed by atoms with E-state index < -0.39 is 0 Å². The summed E-state index contributed by atoms with van der Waals surface area (Å²) < 4.78 is 0. The van der Waals surface area contributed by atoms with Crippen molar-refractivity contribution in [2.24, 2.45) is 5.92 Å². The molecule has 0 amide bonds. The Morgan fingerprint density at radius 3 is 1.89 bits per heavy atom. The van der Waals surface area contributed by atoms with Crippen LogP contribution < -0.4 is 4.90 Å². The van der Waals surface area contributed by atoms with E-state index in [9.17, 15) is 5.26 Å². The standard InChI is InChI=1S/C18H25N3.C12H13ClN2/c1-13-6-9-21(10-7-13)17-15(12-19)11-14-5-4-8-18(2,3)16(14)20-17;1-12(2)5-3-4-8-6-9(7-14)11(13)15-10(8)12/h11,13H,4-10H2,1-3H3;6H,3-5H2,1-2H3. The smallest absolute Gasteiger partial charge is 0.147 e. The van der Waals surface area contributed by atoms with Gasteiger partial charge in [-0.2, -0.15) is 10.5 Å². The molecule has 0 aromatic carbocycles. The Morgan fingerprint density at radius 2 is 1.36 bits per heavy atom. The molecule has 5 nitrogen and oxygen atoms in total. The fraction of sp³-hybridized carbons (Fsp3) is 0.600. The predicted octanol–water partition coefficient (Wildman–Crippen LogP) is 7.02. The summed E-state index contributed by atoms with van der Waals surface area (Å²) in [5.74, 6) is 1.72. The molecule has 1 fully saturated rings. The predicted molar refractivity (Wildman–Crippen MR) is 145 cm³/mol. The van der Waals surface area contributed by atoms with Crippen molar-refractivity contribution < 1.29 is 0 Å². The number of pyridine rings is 2. The number of nitrogens with zero attached hydrogens (tertiary/aromatic N) is 5. The molecule has 190 valence electrons. The Labute approximate surface area is 221 Å². The summed E-state index contributed by atoms with van der Waals surface area (Å²) in [5.41, 5.74) is 6.25. The van der Waals surface area contributed by atoms with Gasteiger partial charge in [-0.25, -0.2) is 9.97 Å².